The first-order chi connectivity index (χ1) is 9.16. The number of fused-ring (bicyclic) bond motifs is 5. The minimum absolute atomic E-state index is 0.0891. The fourth-order valence-electron chi connectivity index (χ4n) is 3.99. The molecule has 1 aromatic heterocycles. The van der Waals surface area contributed by atoms with Crippen LogP contribution in [0.3, 0.4) is 0 Å². The Balaban J connectivity index is 2.05. The van der Waals surface area contributed by atoms with Gasteiger partial charge in [-0.15, -0.1) is 0 Å². The first-order valence-corrected chi connectivity index (χ1v) is 7.18. The topological polar surface area (TPSA) is 8.17 Å². The van der Waals surface area contributed by atoms with Gasteiger partial charge in [0.1, 0.15) is 5.82 Å². The first-order valence-electron chi connectivity index (χ1n) is 7.18. The van der Waals surface area contributed by atoms with Gasteiger partial charge in [-0.1, -0.05) is 0 Å². The van der Waals surface area contributed by atoms with Crippen LogP contribution < -0.4 is 0 Å². The lowest BCUT2D eigenvalue weighted by Gasteiger charge is -2.30. The third-order valence-electron chi connectivity index (χ3n) is 4.98. The van der Waals surface area contributed by atoms with E-state index in [0.717, 1.165) is 24.0 Å². The summed E-state index contributed by atoms with van der Waals surface area (Å²) in [4.78, 5) is 2.60. The van der Waals surface area contributed by atoms with Crippen LogP contribution in [0.2, 0.25) is 0 Å². The summed E-state index contributed by atoms with van der Waals surface area (Å²) in [6, 6.07) is 4.32. The molecule has 1 unspecified atom stereocenters. The van der Waals surface area contributed by atoms with E-state index in [2.05, 4.69) is 16.5 Å². The average Bonchev–Trinajstić information content (AvgIpc) is 2.96. The monoisotopic (exact) mass is 258 g/mol. The Morgan fingerprint density at radius 2 is 2.11 bits per heavy atom. The van der Waals surface area contributed by atoms with Crippen molar-refractivity contribution in [2.75, 3.05) is 13.1 Å². The van der Waals surface area contributed by atoms with Crippen molar-refractivity contribution in [3.63, 3.8) is 0 Å². The van der Waals surface area contributed by atoms with Crippen LogP contribution in [0.5, 0.6) is 0 Å². The van der Waals surface area contributed by atoms with Crippen LogP contribution in [-0.2, 0) is 13.5 Å². The standard InChI is InChI=1S/C16H19FN2/c1-10-8-11-15(9-12(10)17)18(2)13-5-7-19-6-3-4-14(19)16(11)13/h8-9,14H,3-7H2,1-2H3. The maximum absolute atomic E-state index is 13.8. The van der Waals surface area contributed by atoms with Gasteiger partial charge in [-0.05, 0) is 49.6 Å². The van der Waals surface area contributed by atoms with Crippen LogP contribution in [0.25, 0.3) is 10.9 Å². The third kappa shape index (κ3) is 1.45. The van der Waals surface area contributed by atoms with Crippen molar-refractivity contribution >= 4 is 10.9 Å². The number of hydrogen-bond acceptors (Lipinski definition) is 1. The van der Waals surface area contributed by atoms with Crippen molar-refractivity contribution in [3.05, 3.63) is 34.8 Å². The van der Waals surface area contributed by atoms with Gasteiger partial charge in [0.05, 0.1) is 5.52 Å². The highest BCUT2D eigenvalue weighted by Gasteiger charge is 2.34. The number of aromatic nitrogens is 1. The molecule has 0 N–H and O–H groups in total. The van der Waals surface area contributed by atoms with Crippen LogP contribution in [0.15, 0.2) is 12.1 Å². The molecule has 0 saturated carbocycles. The summed E-state index contributed by atoms with van der Waals surface area (Å²) >= 11 is 0. The molecule has 0 aliphatic carbocycles. The Bertz CT molecular complexity index is 671. The zero-order valence-corrected chi connectivity index (χ0v) is 11.5. The molecule has 3 heterocycles. The molecule has 1 fully saturated rings. The van der Waals surface area contributed by atoms with Gasteiger partial charge >= 0.3 is 0 Å². The summed E-state index contributed by atoms with van der Waals surface area (Å²) in [5.41, 5.74) is 4.71. The predicted octanol–water partition coefficient (Wildman–Crippen LogP) is 3.32. The molecule has 2 aliphatic heterocycles. The van der Waals surface area contributed by atoms with E-state index in [9.17, 15) is 4.39 Å². The summed E-state index contributed by atoms with van der Waals surface area (Å²) in [5.74, 6) is -0.0891. The van der Waals surface area contributed by atoms with Crippen LogP contribution in [0, 0.1) is 12.7 Å². The molecule has 2 nitrogen and oxygen atoms in total. The maximum atomic E-state index is 13.8. The molecule has 1 atom stereocenters. The molecule has 0 amide bonds. The molecule has 4 rings (SSSR count). The first kappa shape index (κ1) is 11.5. The van der Waals surface area contributed by atoms with Gasteiger partial charge in [-0.25, -0.2) is 4.39 Å². The summed E-state index contributed by atoms with van der Waals surface area (Å²) in [7, 11) is 2.08. The second-order valence-corrected chi connectivity index (χ2v) is 5.98. The van der Waals surface area contributed by atoms with E-state index < -0.39 is 0 Å². The van der Waals surface area contributed by atoms with Gasteiger partial charge in [0.25, 0.3) is 0 Å². The fourth-order valence-corrected chi connectivity index (χ4v) is 3.99. The van der Waals surface area contributed by atoms with Gasteiger partial charge < -0.3 is 4.57 Å². The highest BCUT2D eigenvalue weighted by Crippen LogP contribution is 2.42. The van der Waals surface area contributed by atoms with Gasteiger partial charge in [0.2, 0.25) is 0 Å². The largest absolute Gasteiger partial charge is 0.347 e. The van der Waals surface area contributed by atoms with Crippen LogP contribution >= 0.6 is 0 Å². The molecule has 100 valence electrons. The number of hydrogen-bond donors (Lipinski definition) is 0. The van der Waals surface area contributed by atoms with Crippen LogP contribution in [0.4, 0.5) is 4.39 Å². The van der Waals surface area contributed by atoms with E-state index in [1.54, 1.807) is 6.07 Å². The SMILES string of the molecule is Cc1cc2c3c(n(C)c2cc1F)CCN1CCCC31. The van der Waals surface area contributed by atoms with E-state index in [1.165, 1.54) is 36.0 Å². The van der Waals surface area contributed by atoms with E-state index in [0.29, 0.717) is 6.04 Å². The maximum Gasteiger partial charge on any atom is 0.128 e. The number of aryl methyl sites for hydroxylation is 2. The van der Waals surface area contributed by atoms with E-state index in [-0.39, 0.29) is 5.82 Å². The summed E-state index contributed by atoms with van der Waals surface area (Å²) in [6.07, 6.45) is 3.64. The summed E-state index contributed by atoms with van der Waals surface area (Å²) < 4.78 is 16.0. The van der Waals surface area contributed by atoms with Gasteiger partial charge in [-0.2, -0.15) is 0 Å². The molecule has 1 saturated heterocycles. The lowest BCUT2D eigenvalue weighted by molar-refractivity contribution is 0.242. The molecule has 0 spiro atoms. The Kier molecular flexibility index (Phi) is 2.31. The quantitative estimate of drug-likeness (QED) is 0.703. The highest BCUT2D eigenvalue weighted by atomic mass is 19.1. The molecule has 0 radical (unpaired) electrons. The van der Waals surface area contributed by atoms with E-state index in [4.69, 9.17) is 0 Å². The molecule has 3 heteroatoms. The molecule has 0 bridgehead atoms. The van der Waals surface area contributed by atoms with Gasteiger partial charge in [0, 0.05) is 37.1 Å². The van der Waals surface area contributed by atoms with Gasteiger partial charge in [-0.3, -0.25) is 4.90 Å². The molecule has 2 aromatic rings. The van der Waals surface area contributed by atoms with Crippen molar-refractivity contribution < 1.29 is 4.39 Å². The highest BCUT2D eigenvalue weighted by molar-refractivity contribution is 5.87. The fraction of sp³-hybridized carbons (Fsp3) is 0.500. The smallest absolute Gasteiger partial charge is 0.128 e. The molecule has 19 heavy (non-hydrogen) atoms. The Hall–Kier alpha value is -1.35. The zero-order chi connectivity index (χ0) is 13.1. The minimum Gasteiger partial charge on any atom is -0.347 e. The minimum atomic E-state index is -0.0891. The van der Waals surface area contributed by atoms with Crippen LogP contribution in [0.1, 0.15) is 35.7 Å². The average molecular weight is 258 g/mol. The van der Waals surface area contributed by atoms with Crippen LogP contribution in [-0.4, -0.2) is 22.6 Å². The number of halogens is 1. The molecular weight excluding hydrogens is 239 g/mol. The lowest BCUT2D eigenvalue weighted by atomic mass is 9.95. The molecule has 1 aromatic carbocycles. The predicted molar refractivity (Wildman–Crippen MR) is 74.9 cm³/mol. The van der Waals surface area contributed by atoms with Gasteiger partial charge in [0.15, 0.2) is 0 Å². The lowest BCUT2D eigenvalue weighted by Crippen LogP contribution is -2.31. The second-order valence-electron chi connectivity index (χ2n) is 5.98. The van der Waals surface area contributed by atoms with Crippen molar-refractivity contribution in [1.82, 2.24) is 9.47 Å². The van der Waals surface area contributed by atoms with Crippen molar-refractivity contribution in [2.45, 2.75) is 32.2 Å². The third-order valence-corrected chi connectivity index (χ3v) is 4.98. The summed E-state index contributed by atoms with van der Waals surface area (Å²) in [6.45, 7) is 4.24. The van der Waals surface area contributed by atoms with E-state index in [1.807, 2.05) is 13.0 Å². The van der Waals surface area contributed by atoms with Crippen molar-refractivity contribution in [2.24, 2.45) is 7.05 Å². The summed E-state index contributed by atoms with van der Waals surface area (Å²) in [5, 5.41) is 1.27. The molecular formula is C16H19FN2. The Labute approximate surface area is 112 Å². The number of benzene rings is 1. The van der Waals surface area contributed by atoms with Crippen molar-refractivity contribution in [1.29, 1.82) is 0 Å². The van der Waals surface area contributed by atoms with E-state index >= 15 is 0 Å². The number of nitrogens with zero attached hydrogens (tertiary/aromatic N) is 2. The number of rotatable bonds is 0. The Morgan fingerprint density at radius 1 is 1.26 bits per heavy atom. The zero-order valence-electron chi connectivity index (χ0n) is 11.5. The Morgan fingerprint density at radius 3 is 2.95 bits per heavy atom. The van der Waals surface area contributed by atoms with Crippen molar-refractivity contribution in [3.8, 4) is 0 Å². The normalized spacial score (nSPS) is 22.8. The molecule has 2 aliphatic rings. The second kappa shape index (κ2) is 3.83.